The number of aryl methyl sites for hydroxylation is 1. The second-order valence-corrected chi connectivity index (χ2v) is 7.29. The van der Waals surface area contributed by atoms with E-state index in [9.17, 15) is 14.4 Å². The maximum Gasteiger partial charge on any atom is 0.261 e. The van der Waals surface area contributed by atoms with Gasteiger partial charge in [-0.1, -0.05) is 12.8 Å². The molecule has 128 valence electrons. The van der Waals surface area contributed by atoms with E-state index in [0.717, 1.165) is 32.2 Å². The van der Waals surface area contributed by atoms with Crippen molar-refractivity contribution in [3.8, 4) is 0 Å². The van der Waals surface area contributed by atoms with E-state index in [1.165, 1.54) is 18.9 Å². The van der Waals surface area contributed by atoms with E-state index >= 15 is 0 Å². The maximum absolute atomic E-state index is 12.7. The van der Waals surface area contributed by atoms with Crippen molar-refractivity contribution in [2.24, 2.45) is 0 Å². The van der Waals surface area contributed by atoms with Crippen LogP contribution in [0, 0.1) is 0 Å². The summed E-state index contributed by atoms with van der Waals surface area (Å²) < 4.78 is 0. The lowest BCUT2D eigenvalue weighted by Gasteiger charge is -2.31. The van der Waals surface area contributed by atoms with Gasteiger partial charge in [-0.2, -0.15) is 0 Å². The lowest BCUT2D eigenvalue weighted by Crippen LogP contribution is -2.53. The lowest BCUT2D eigenvalue weighted by molar-refractivity contribution is 0.0917. The van der Waals surface area contributed by atoms with Crippen molar-refractivity contribution in [1.29, 1.82) is 0 Å². The zero-order valence-corrected chi connectivity index (χ0v) is 13.7. The topological polar surface area (TPSA) is 91.1 Å². The summed E-state index contributed by atoms with van der Waals surface area (Å²) in [6.07, 6.45) is 7.29. The van der Waals surface area contributed by atoms with Crippen LogP contribution in [0.1, 0.15) is 71.4 Å². The molecule has 1 saturated carbocycles. The number of hydrogen-bond acceptors (Lipinski definition) is 4. The molecular weight excluding hydrogens is 306 g/mol. The molecule has 24 heavy (non-hydrogen) atoms. The highest BCUT2D eigenvalue weighted by atomic mass is 16.2. The first kappa shape index (κ1) is 15.6. The molecule has 3 N–H and O–H groups in total. The summed E-state index contributed by atoms with van der Waals surface area (Å²) in [7, 11) is 0. The quantitative estimate of drug-likeness (QED) is 0.763. The normalized spacial score (nSPS) is 25.0. The van der Waals surface area contributed by atoms with Crippen molar-refractivity contribution in [3.05, 3.63) is 33.2 Å². The first-order valence-electron chi connectivity index (χ1n) is 8.94. The Balaban J connectivity index is 1.60. The van der Waals surface area contributed by atoms with Crippen LogP contribution in [0.25, 0.3) is 0 Å². The largest absolute Gasteiger partial charge is 0.347 e. The zero-order chi connectivity index (χ0) is 16.7. The Hall–Kier alpha value is -1.95. The second-order valence-electron chi connectivity index (χ2n) is 7.29. The summed E-state index contributed by atoms with van der Waals surface area (Å²) in [5, 5.41) is 6.61. The van der Waals surface area contributed by atoms with Crippen LogP contribution in [0.5, 0.6) is 0 Å². The fourth-order valence-electron chi connectivity index (χ4n) is 4.59. The van der Waals surface area contributed by atoms with E-state index < -0.39 is 5.56 Å². The molecule has 1 atom stereocenters. The molecule has 0 bridgehead atoms. The van der Waals surface area contributed by atoms with Gasteiger partial charge in [-0.3, -0.25) is 14.4 Å². The molecule has 1 amide bonds. The highest BCUT2D eigenvalue weighted by molar-refractivity contribution is 6.01. The van der Waals surface area contributed by atoms with Crippen LogP contribution in [0.3, 0.4) is 0 Å². The third kappa shape index (κ3) is 2.49. The Morgan fingerprint density at radius 2 is 1.96 bits per heavy atom. The highest BCUT2D eigenvalue weighted by Gasteiger charge is 2.45. The number of fused-ring (bicyclic) bond motifs is 1. The molecule has 1 aliphatic heterocycles. The number of H-pyrrole nitrogens is 1. The van der Waals surface area contributed by atoms with Crippen molar-refractivity contribution >= 4 is 11.7 Å². The minimum Gasteiger partial charge on any atom is -0.347 e. The molecule has 0 radical (unpaired) electrons. The molecule has 1 aromatic heterocycles. The van der Waals surface area contributed by atoms with E-state index in [-0.39, 0.29) is 28.8 Å². The highest BCUT2D eigenvalue weighted by Crippen LogP contribution is 2.36. The summed E-state index contributed by atoms with van der Waals surface area (Å²) in [5.74, 6) is -0.353. The summed E-state index contributed by atoms with van der Waals surface area (Å²) in [6.45, 7) is 0.893. The number of pyridine rings is 1. The first-order valence-corrected chi connectivity index (χ1v) is 8.94. The van der Waals surface area contributed by atoms with E-state index in [1.807, 2.05) is 0 Å². The summed E-state index contributed by atoms with van der Waals surface area (Å²) >= 11 is 0. The third-order valence-corrected chi connectivity index (χ3v) is 5.88. The predicted octanol–water partition coefficient (Wildman–Crippen LogP) is 1.30. The minimum atomic E-state index is -0.396. The Morgan fingerprint density at radius 3 is 2.75 bits per heavy atom. The zero-order valence-electron chi connectivity index (χ0n) is 13.7. The fraction of sp³-hybridized carbons (Fsp3) is 0.611. The monoisotopic (exact) mass is 329 g/mol. The molecule has 2 heterocycles. The van der Waals surface area contributed by atoms with Crippen LogP contribution in [0.2, 0.25) is 0 Å². The molecule has 1 saturated heterocycles. The molecule has 6 nitrogen and oxygen atoms in total. The van der Waals surface area contributed by atoms with Gasteiger partial charge >= 0.3 is 0 Å². The molecule has 1 spiro atoms. The standard InChI is InChI=1S/C18H23N3O3/c22-14-5-3-4-13-11(14)10-12(16(23)20-13)17(24)21-15-6-9-19-18(15)7-1-2-8-18/h10,15,19H,1-9H2,(H,20,23)(H,21,24). The van der Waals surface area contributed by atoms with Gasteiger partial charge in [-0.05, 0) is 44.7 Å². The Kier molecular flexibility index (Phi) is 3.79. The van der Waals surface area contributed by atoms with Crippen LogP contribution >= 0.6 is 0 Å². The van der Waals surface area contributed by atoms with Gasteiger partial charge in [0, 0.05) is 29.3 Å². The molecule has 1 unspecified atom stereocenters. The van der Waals surface area contributed by atoms with E-state index in [0.29, 0.717) is 24.1 Å². The Morgan fingerprint density at radius 1 is 1.17 bits per heavy atom. The van der Waals surface area contributed by atoms with Gasteiger partial charge in [0.15, 0.2) is 5.78 Å². The van der Waals surface area contributed by atoms with Crippen molar-refractivity contribution in [2.75, 3.05) is 6.54 Å². The van der Waals surface area contributed by atoms with Crippen LogP contribution in [-0.2, 0) is 6.42 Å². The molecule has 3 aliphatic rings. The Labute approximate surface area is 140 Å². The van der Waals surface area contributed by atoms with E-state index in [4.69, 9.17) is 0 Å². The van der Waals surface area contributed by atoms with Crippen LogP contribution in [-0.4, -0.2) is 34.8 Å². The first-order chi connectivity index (χ1) is 11.6. The number of rotatable bonds is 2. The number of nitrogens with one attached hydrogen (secondary N) is 3. The second kappa shape index (κ2) is 5.84. The van der Waals surface area contributed by atoms with Gasteiger partial charge in [-0.15, -0.1) is 0 Å². The number of Topliss-reactive ketones (excluding diaryl/α,β-unsaturated/α-hetero) is 1. The number of hydrogen-bond donors (Lipinski definition) is 3. The maximum atomic E-state index is 12.7. The van der Waals surface area contributed by atoms with Crippen molar-refractivity contribution in [2.45, 2.75) is 62.9 Å². The smallest absolute Gasteiger partial charge is 0.261 e. The molecule has 6 heteroatoms. The number of aromatic nitrogens is 1. The molecule has 2 fully saturated rings. The van der Waals surface area contributed by atoms with Gasteiger partial charge < -0.3 is 15.6 Å². The van der Waals surface area contributed by atoms with Gasteiger partial charge in [-0.25, -0.2) is 0 Å². The molecule has 2 aliphatic carbocycles. The number of ketones is 1. The van der Waals surface area contributed by atoms with Crippen LogP contribution in [0.4, 0.5) is 0 Å². The number of carbonyl (C=O) groups excluding carboxylic acids is 2. The molecular formula is C18H23N3O3. The van der Waals surface area contributed by atoms with Crippen molar-refractivity contribution in [3.63, 3.8) is 0 Å². The minimum absolute atomic E-state index is 0.00749. The van der Waals surface area contributed by atoms with Crippen LogP contribution in [0.15, 0.2) is 10.9 Å². The number of aromatic amines is 1. The SMILES string of the molecule is O=C1CCCc2[nH]c(=O)c(C(=O)NC3CCNC34CCCC4)cc21. The average molecular weight is 329 g/mol. The third-order valence-electron chi connectivity index (χ3n) is 5.88. The van der Waals surface area contributed by atoms with Gasteiger partial charge in [0.2, 0.25) is 0 Å². The van der Waals surface area contributed by atoms with Gasteiger partial charge in [0.25, 0.3) is 11.5 Å². The van der Waals surface area contributed by atoms with Gasteiger partial charge in [0.05, 0.1) is 0 Å². The molecule has 1 aromatic rings. The van der Waals surface area contributed by atoms with E-state index in [1.54, 1.807) is 0 Å². The number of amides is 1. The number of carbonyl (C=O) groups is 2. The van der Waals surface area contributed by atoms with Gasteiger partial charge in [0.1, 0.15) is 5.56 Å². The van der Waals surface area contributed by atoms with E-state index in [2.05, 4.69) is 15.6 Å². The van der Waals surface area contributed by atoms with Crippen molar-refractivity contribution in [1.82, 2.24) is 15.6 Å². The van der Waals surface area contributed by atoms with Crippen molar-refractivity contribution < 1.29 is 9.59 Å². The predicted molar refractivity (Wildman–Crippen MR) is 89.4 cm³/mol. The molecule has 4 rings (SSSR count). The Bertz CT molecular complexity index is 741. The summed E-state index contributed by atoms with van der Waals surface area (Å²) in [4.78, 5) is 39.8. The van der Waals surface area contributed by atoms with Crippen LogP contribution < -0.4 is 16.2 Å². The fourth-order valence-corrected chi connectivity index (χ4v) is 4.59. The average Bonchev–Trinajstić information content (AvgIpc) is 3.18. The summed E-state index contributed by atoms with van der Waals surface area (Å²) in [6, 6.07) is 1.55. The summed E-state index contributed by atoms with van der Waals surface area (Å²) in [5.41, 5.74) is 0.831. The lowest BCUT2D eigenvalue weighted by atomic mass is 9.89. The molecule has 0 aromatic carbocycles.